The summed E-state index contributed by atoms with van der Waals surface area (Å²) < 4.78 is 5.17. The van der Waals surface area contributed by atoms with Gasteiger partial charge in [0.15, 0.2) is 0 Å². The molecule has 1 aromatic carbocycles. The molecule has 0 aromatic heterocycles. The van der Waals surface area contributed by atoms with Gasteiger partial charge in [0.25, 0.3) is 0 Å². The van der Waals surface area contributed by atoms with Crippen molar-refractivity contribution >= 4 is 11.7 Å². The monoisotopic (exact) mass is 275 g/mol. The number of benzene rings is 1. The van der Waals surface area contributed by atoms with Crippen LogP contribution in [0.15, 0.2) is 18.2 Å². The Labute approximate surface area is 121 Å². The van der Waals surface area contributed by atoms with Crippen molar-refractivity contribution in [2.24, 2.45) is 0 Å². The van der Waals surface area contributed by atoms with Crippen molar-refractivity contribution in [1.82, 2.24) is 0 Å². The maximum atomic E-state index is 12.0. The number of esters is 1. The van der Waals surface area contributed by atoms with Crippen LogP contribution in [0, 0.1) is 0 Å². The Bertz CT molecular complexity index is 456. The maximum Gasteiger partial charge on any atom is 0.328 e. The van der Waals surface area contributed by atoms with Crippen molar-refractivity contribution in [3.8, 4) is 0 Å². The number of carbonyl (C=O) groups excluding carboxylic acids is 1. The molecule has 1 N–H and O–H groups in total. The van der Waals surface area contributed by atoms with Crippen LogP contribution in [-0.4, -0.2) is 18.6 Å². The maximum absolute atomic E-state index is 12.0. The van der Waals surface area contributed by atoms with E-state index < -0.39 is 0 Å². The van der Waals surface area contributed by atoms with Gasteiger partial charge in [0.05, 0.1) is 6.61 Å². The average molecular weight is 275 g/mol. The lowest BCUT2D eigenvalue weighted by molar-refractivity contribution is -0.144. The van der Waals surface area contributed by atoms with Gasteiger partial charge in [-0.05, 0) is 56.2 Å². The molecule has 0 radical (unpaired) electrons. The van der Waals surface area contributed by atoms with Crippen LogP contribution in [0.2, 0.25) is 0 Å². The standard InChI is InChI=1S/C17H25NO2/c1-3-8-16(17(19)20-4-2)18-15-12-7-10-13-9-5-6-11-14(13)15/h7,10,12,16,18H,3-6,8-9,11H2,1-2H3. The van der Waals surface area contributed by atoms with Gasteiger partial charge in [-0.2, -0.15) is 0 Å². The number of carbonyl (C=O) groups is 1. The largest absolute Gasteiger partial charge is 0.464 e. The Balaban J connectivity index is 2.16. The molecule has 1 aliphatic rings. The molecule has 3 heteroatoms. The molecule has 0 saturated heterocycles. The summed E-state index contributed by atoms with van der Waals surface area (Å²) in [6.07, 6.45) is 6.55. The molecule has 0 bridgehead atoms. The Morgan fingerprint density at radius 3 is 2.85 bits per heavy atom. The molecule has 3 nitrogen and oxygen atoms in total. The van der Waals surface area contributed by atoms with E-state index in [1.807, 2.05) is 6.92 Å². The topological polar surface area (TPSA) is 38.3 Å². The predicted octanol–water partition coefficient (Wildman–Crippen LogP) is 3.71. The highest BCUT2D eigenvalue weighted by Gasteiger charge is 2.21. The van der Waals surface area contributed by atoms with Gasteiger partial charge in [-0.25, -0.2) is 4.79 Å². The molecule has 20 heavy (non-hydrogen) atoms. The van der Waals surface area contributed by atoms with Crippen molar-refractivity contribution in [3.05, 3.63) is 29.3 Å². The summed E-state index contributed by atoms with van der Waals surface area (Å²) in [7, 11) is 0. The van der Waals surface area contributed by atoms with Crippen molar-refractivity contribution in [2.75, 3.05) is 11.9 Å². The minimum atomic E-state index is -0.228. The Morgan fingerprint density at radius 1 is 1.30 bits per heavy atom. The molecule has 0 saturated carbocycles. The molecule has 0 fully saturated rings. The number of nitrogens with one attached hydrogen (secondary N) is 1. The summed E-state index contributed by atoms with van der Waals surface area (Å²) >= 11 is 0. The van der Waals surface area contributed by atoms with Crippen LogP contribution in [0.25, 0.3) is 0 Å². The van der Waals surface area contributed by atoms with E-state index in [0.29, 0.717) is 6.61 Å². The van der Waals surface area contributed by atoms with Gasteiger partial charge >= 0.3 is 5.97 Å². The van der Waals surface area contributed by atoms with Crippen LogP contribution in [0.5, 0.6) is 0 Å². The van der Waals surface area contributed by atoms with Crippen molar-refractivity contribution < 1.29 is 9.53 Å². The van der Waals surface area contributed by atoms with E-state index in [0.717, 1.165) is 31.4 Å². The van der Waals surface area contributed by atoms with Gasteiger partial charge in [-0.3, -0.25) is 0 Å². The van der Waals surface area contributed by atoms with Crippen LogP contribution in [0.4, 0.5) is 5.69 Å². The second kappa shape index (κ2) is 7.32. The first-order valence-corrected chi connectivity index (χ1v) is 7.80. The molecular formula is C17H25NO2. The van der Waals surface area contributed by atoms with Crippen LogP contribution in [0.1, 0.15) is 50.7 Å². The molecule has 1 unspecified atom stereocenters. The minimum absolute atomic E-state index is 0.136. The molecule has 2 rings (SSSR count). The zero-order valence-electron chi connectivity index (χ0n) is 12.6. The van der Waals surface area contributed by atoms with Crippen LogP contribution < -0.4 is 5.32 Å². The first kappa shape index (κ1) is 14.9. The number of fused-ring (bicyclic) bond motifs is 1. The van der Waals surface area contributed by atoms with Crippen LogP contribution in [0.3, 0.4) is 0 Å². The number of anilines is 1. The smallest absolute Gasteiger partial charge is 0.328 e. The van der Waals surface area contributed by atoms with Crippen molar-refractivity contribution in [2.45, 2.75) is 58.4 Å². The summed E-state index contributed by atoms with van der Waals surface area (Å²) in [6.45, 7) is 4.38. The lowest BCUT2D eigenvalue weighted by Gasteiger charge is -2.23. The summed E-state index contributed by atoms with van der Waals surface area (Å²) in [5.74, 6) is -0.136. The van der Waals surface area contributed by atoms with Crippen molar-refractivity contribution in [3.63, 3.8) is 0 Å². The van der Waals surface area contributed by atoms with Crippen LogP contribution >= 0.6 is 0 Å². The highest BCUT2D eigenvalue weighted by Crippen LogP contribution is 2.28. The van der Waals surface area contributed by atoms with E-state index in [9.17, 15) is 4.79 Å². The summed E-state index contributed by atoms with van der Waals surface area (Å²) in [6, 6.07) is 6.15. The summed E-state index contributed by atoms with van der Waals surface area (Å²) in [4.78, 5) is 12.0. The Hall–Kier alpha value is -1.51. The van der Waals surface area contributed by atoms with Crippen molar-refractivity contribution in [1.29, 1.82) is 0 Å². The number of ether oxygens (including phenoxy) is 1. The van der Waals surface area contributed by atoms with E-state index >= 15 is 0 Å². The molecular weight excluding hydrogens is 250 g/mol. The van der Waals surface area contributed by atoms with Gasteiger partial charge < -0.3 is 10.1 Å². The highest BCUT2D eigenvalue weighted by molar-refractivity contribution is 5.79. The zero-order valence-corrected chi connectivity index (χ0v) is 12.6. The number of hydrogen-bond acceptors (Lipinski definition) is 3. The normalized spacial score (nSPS) is 15.3. The third-order valence-corrected chi connectivity index (χ3v) is 3.87. The second-order valence-corrected chi connectivity index (χ2v) is 5.39. The third kappa shape index (κ3) is 3.53. The van der Waals surface area contributed by atoms with Gasteiger partial charge in [0.1, 0.15) is 6.04 Å². The molecule has 0 amide bonds. The summed E-state index contributed by atoms with van der Waals surface area (Å²) in [5, 5.41) is 3.42. The Kier molecular flexibility index (Phi) is 5.45. The van der Waals surface area contributed by atoms with Gasteiger partial charge in [-0.15, -0.1) is 0 Å². The number of hydrogen-bond donors (Lipinski definition) is 1. The van der Waals surface area contributed by atoms with Gasteiger partial charge in [0, 0.05) is 5.69 Å². The fourth-order valence-corrected chi connectivity index (χ4v) is 2.88. The SMILES string of the molecule is CCCC(Nc1cccc2c1CCCC2)C(=O)OCC. The molecule has 0 aliphatic heterocycles. The fourth-order valence-electron chi connectivity index (χ4n) is 2.88. The number of rotatable bonds is 6. The Morgan fingerprint density at radius 2 is 2.10 bits per heavy atom. The van der Waals surface area contributed by atoms with E-state index in [1.165, 1.54) is 24.0 Å². The predicted molar refractivity (Wildman–Crippen MR) is 82.0 cm³/mol. The molecule has 1 atom stereocenters. The summed E-state index contributed by atoms with van der Waals surface area (Å²) in [5.41, 5.74) is 3.94. The molecule has 1 aliphatic carbocycles. The lowest BCUT2D eigenvalue weighted by atomic mass is 9.90. The van der Waals surface area contributed by atoms with Gasteiger partial charge in [-0.1, -0.05) is 25.5 Å². The molecule has 110 valence electrons. The fraction of sp³-hybridized carbons (Fsp3) is 0.588. The molecule has 0 heterocycles. The van der Waals surface area contributed by atoms with E-state index in [-0.39, 0.29) is 12.0 Å². The molecule has 0 spiro atoms. The van der Waals surface area contributed by atoms with E-state index in [1.54, 1.807) is 0 Å². The molecule has 1 aromatic rings. The second-order valence-electron chi connectivity index (χ2n) is 5.39. The highest BCUT2D eigenvalue weighted by atomic mass is 16.5. The first-order valence-electron chi connectivity index (χ1n) is 7.80. The third-order valence-electron chi connectivity index (χ3n) is 3.87. The van der Waals surface area contributed by atoms with Gasteiger partial charge in [0.2, 0.25) is 0 Å². The zero-order chi connectivity index (χ0) is 14.4. The number of aryl methyl sites for hydroxylation is 1. The van der Waals surface area contributed by atoms with Crippen LogP contribution in [-0.2, 0) is 22.4 Å². The average Bonchev–Trinajstić information content (AvgIpc) is 2.47. The minimum Gasteiger partial charge on any atom is -0.464 e. The lowest BCUT2D eigenvalue weighted by Crippen LogP contribution is -2.32. The quantitative estimate of drug-likeness (QED) is 0.804. The first-order chi connectivity index (χ1) is 9.76. The van der Waals surface area contributed by atoms with E-state index in [2.05, 4.69) is 30.4 Å². The van der Waals surface area contributed by atoms with E-state index in [4.69, 9.17) is 4.74 Å².